The van der Waals surface area contributed by atoms with Crippen LogP contribution in [0.15, 0.2) is 54.7 Å². The number of hydrogen-bond donors (Lipinski definition) is 2. The van der Waals surface area contributed by atoms with Crippen LogP contribution in [0.3, 0.4) is 0 Å². The summed E-state index contributed by atoms with van der Waals surface area (Å²) in [5.41, 5.74) is 1.26. The van der Waals surface area contributed by atoms with Crippen molar-refractivity contribution >= 4 is 23.1 Å². The number of aryl methyl sites for hydroxylation is 1. The van der Waals surface area contributed by atoms with Crippen LogP contribution in [-0.4, -0.2) is 16.6 Å². The van der Waals surface area contributed by atoms with Gasteiger partial charge in [-0.15, -0.1) is 0 Å². The van der Waals surface area contributed by atoms with Crippen molar-refractivity contribution < 1.29 is 17.9 Å². The molecule has 0 atom stereocenters. The molecule has 0 aliphatic carbocycles. The molecule has 0 radical (unpaired) electrons. The Morgan fingerprint density at radius 1 is 0.966 bits per heavy atom. The topological polar surface area (TPSA) is 59.1 Å². The highest BCUT2D eigenvalue weighted by molar-refractivity contribution is 5.67. The van der Waals surface area contributed by atoms with E-state index in [0.29, 0.717) is 23.7 Å². The number of ether oxygens (including phenoxy) is 1. The summed E-state index contributed by atoms with van der Waals surface area (Å²) in [5, 5.41) is 5.68. The maximum Gasteiger partial charge on any atom is 0.421 e. The molecule has 152 valence electrons. The Hall–Kier alpha value is -3.29. The summed E-state index contributed by atoms with van der Waals surface area (Å²) in [7, 11) is 0. The lowest BCUT2D eigenvalue weighted by atomic mass is 10.1. The molecule has 0 spiro atoms. The molecule has 0 amide bonds. The fourth-order valence-electron chi connectivity index (χ4n) is 2.68. The van der Waals surface area contributed by atoms with Gasteiger partial charge < -0.3 is 15.4 Å². The van der Waals surface area contributed by atoms with E-state index >= 15 is 0 Å². The summed E-state index contributed by atoms with van der Waals surface area (Å²) in [6, 6.07) is 14.3. The lowest BCUT2D eigenvalue weighted by Crippen LogP contribution is -2.13. The highest BCUT2D eigenvalue weighted by atomic mass is 19.4. The van der Waals surface area contributed by atoms with E-state index in [-0.39, 0.29) is 11.8 Å². The van der Waals surface area contributed by atoms with Crippen molar-refractivity contribution in [1.82, 2.24) is 9.97 Å². The average Bonchev–Trinajstić information content (AvgIpc) is 2.69. The van der Waals surface area contributed by atoms with Crippen molar-refractivity contribution in [2.24, 2.45) is 0 Å². The number of rotatable bonds is 7. The molecule has 3 rings (SSSR count). The zero-order valence-corrected chi connectivity index (χ0v) is 16.0. The molecule has 1 aromatic heterocycles. The first-order valence-corrected chi connectivity index (χ1v) is 9.19. The number of benzene rings is 2. The summed E-state index contributed by atoms with van der Waals surface area (Å²) >= 11 is 0. The number of hydrogen-bond acceptors (Lipinski definition) is 5. The Balaban J connectivity index is 1.94. The molecule has 0 fully saturated rings. The van der Waals surface area contributed by atoms with Gasteiger partial charge in [-0.05, 0) is 43.2 Å². The third-order valence-corrected chi connectivity index (χ3v) is 4.15. The molecule has 0 saturated carbocycles. The molecule has 0 aliphatic heterocycles. The van der Waals surface area contributed by atoms with Crippen molar-refractivity contribution in [2.45, 2.75) is 26.4 Å². The highest BCUT2D eigenvalue weighted by Gasteiger charge is 2.35. The van der Waals surface area contributed by atoms with Crippen LogP contribution in [0.2, 0.25) is 0 Å². The molecule has 2 aromatic carbocycles. The number of alkyl halides is 3. The van der Waals surface area contributed by atoms with Gasteiger partial charge in [-0.25, -0.2) is 4.98 Å². The van der Waals surface area contributed by atoms with E-state index in [1.165, 1.54) is 0 Å². The van der Waals surface area contributed by atoms with Crippen LogP contribution >= 0.6 is 0 Å². The molecule has 2 N–H and O–H groups in total. The van der Waals surface area contributed by atoms with E-state index in [2.05, 4.69) is 20.6 Å². The number of aromatic nitrogens is 2. The SMILES string of the molecule is CCOc1ccccc1Nc1nc(Nc2ccc(CC)cc2)ncc1C(F)(F)F. The fraction of sp³-hybridized carbons (Fsp3) is 0.238. The normalized spacial score (nSPS) is 11.2. The van der Waals surface area contributed by atoms with Crippen molar-refractivity contribution in [1.29, 1.82) is 0 Å². The average molecular weight is 402 g/mol. The number of anilines is 4. The van der Waals surface area contributed by atoms with Crippen LogP contribution in [0.5, 0.6) is 5.75 Å². The Morgan fingerprint density at radius 3 is 2.34 bits per heavy atom. The number of para-hydroxylation sites is 2. The van der Waals surface area contributed by atoms with Crippen molar-refractivity contribution in [3.8, 4) is 5.75 Å². The predicted molar refractivity (Wildman–Crippen MR) is 107 cm³/mol. The second-order valence-corrected chi connectivity index (χ2v) is 6.18. The van der Waals surface area contributed by atoms with Crippen molar-refractivity contribution in [3.05, 3.63) is 65.9 Å². The largest absolute Gasteiger partial charge is 0.492 e. The van der Waals surface area contributed by atoms with Gasteiger partial charge in [0.05, 0.1) is 12.3 Å². The van der Waals surface area contributed by atoms with Crippen LogP contribution in [-0.2, 0) is 12.6 Å². The minimum atomic E-state index is -4.61. The second kappa shape index (κ2) is 8.81. The van der Waals surface area contributed by atoms with Gasteiger partial charge in [0.15, 0.2) is 0 Å². The van der Waals surface area contributed by atoms with Crippen LogP contribution in [0.25, 0.3) is 0 Å². The maximum atomic E-state index is 13.5. The Labute approximate surface area is 167 Å². The molecule has 8 heteroatoms. The predicted octanol–water partition coefficient (Wildman–Crippen LogP) is 5.94. The number of nitrogens with zero attached hydrogens (tertiary/aromatic N) is 2. The molecule has 0 saturated heterocycles. The van der Waals surface area contributed by atoms with Gasteiger partial charge >= 0.3 is 6.18 Å². The number of halogens is 3. The van der Waals surface area contributed by atoms with Crippen molar-refractivity contribution in [2.75, 3.05) is 17.2 Å². The molecule has 3 aromatic rings. The molecular formula is C21H21F3N4O. The van der Waals surface area contributed by atoms with Crippen LogP contribution < -0.4 is 15.4 Å². The Kier molecular flexibility index (Phi) is 6.21. The van der Waals surface area contributed by atoms with E-state index in [1.807, 2.05) is 31.2 Å². The minimum Gasteiger partial charge on any atom is -0.492 e. The van der Waals surface area contributed by atoms with Gasteiger partial charge in [0.25, 0.3) is 0 Å². The molecular weight excluding hydrogens is 381 g/mol. The Morgan fingerprint density at radius 2 is 1.69 bits per heavy atom. The summed E-state index contributed by atoms with van der Waals surface area (Å²) in [6.45, 7) is 4.23. The fourth-order valence-corrected chi connectivity index (χ4v) is 2.68. The van der Waals surface area contributed by atoms with Gasteiger partial charge in [-0.3, -0.25) is 0 Å². The molecule has 1 heterocycles. The van der Waals surface area contributed by atoms with Gasteiger partial charge in [-0.2, -0.15) is 18.2 Å². The van der Waals surface area contributed by atoms with Crippen molar-refractivity contribution in [3.63, 3.8) is 0 Å². The summed E-state index contributed by atoms with van der Waals surface area (Å²) < 4.78 is 45.9. The number of nitrogens with one attached hydrogen (secondary N) is 2. The van der Waals surface area contributed by atoms with E-state index in [9.17, 15) is 13.2 Å². The van der Waals surface area contributed by atoms with Gasteiger partial charge in [0.2, 0.25) is 5.95 Å². The summed E-state index contributed by atoms with van der Waals surface area (Å²) in [6.07, 6.45) is -2.95. The first-order chi connectivity index (χ1) is 13.9. The first-order valence-electron chi connectivity index (χ1n) is 9.19. The van der Waals surface area contributed by atoms with E-state index in [0.717, 1.165) is 18.2 Å². The zero-order chi connectivity index (χ0) is 20.9. The Bertz CT molecular complexity index is 959. The zero-order valence-electron chi connectivity index (χ0n) is 16.0. The lowest BCUT2D eigenvalue weighted by Gasteiger charge is -2.16. The van der Waals surface area contributed by atoms with Crippen LogP contribution in [0.4, 0.5) is 36.3 Å². The molecule has 0 unspecified atom stereocenters. The molecule has 0 aliphatic rings. The molecule has 5 nitrogen and oxygen atoms in total. The monoisotopic (exact) mass is 402 g/mol. The van der Waals surface area contributed by atoms with Gasteiger partial charge in [-0.1, -0.05) is 31.2 Å². The standard InChI is InChI=1S/C21H21F3N4O/c1-3-14-9-11-15(12-10-14)26-20-25-13-16(21(22,23)24)19(28-20)27-17-7-5-6-8-18(17)29-4-2/h5-13H,3-4H2,1-2H3,(H2,25,26,27,28). The second-order valence-electron chi connectivity index (χ2n) is 6.18. The third kappa shape index (κ3) is 5.16. The molecule has 29 heavy (non-hydrogen) atoms. The van der Waals surface area contributed by atoms with Crippen LogP contribution in [0, 0.1) is 0 Å². The summed E-state index contributed by atoms with van der Waals surface area (Å²) in [5.74, 6) is 0.136. The maximum absolute atomic E-state index is 13.5. The molecule has 0 bridgehead atoms. The lowest BCUT2D eigenvalue weighted by molar-refractivity contribution is -0.137. The van der Waals surface area contributed by atoms with E-state index in [4.69, 9.17) is 4.74 Å². The highest BCUT2D eigenvalue weighted by Crippen LogP contribution is 2.37. The smallest absolute Gasteiger partial charge is 0.421 e. The first kappa shape index (κ1) is 20.4. The van der Waals surface area contributed by atoms with E-state index in [1.54, 1.807) is 31.2 Å². The van der Waals surface area contributed by atoms with Gasteiger partial charge in [0.1, 0.15) is 17.1 Å². The van der Waals surface area contributed by atoms with E-state index < -0.39 is 11.7 Å². The quantitative estimate of drug-likeness (QED) is 0.512. The summed E-state index contributed by atoms with van der Waals surface area (Å²) in [4.78, 5) is 7.90. The van der Waals surface area contributed by atoms with Gasteiger partial charge in [0, 0.05) is 11.9 Å². The van der Waals surface area contributed by atoms with Crippen LogP contribution in [0.1, 0.15) is 25.0 Å². The minimum absolute atomic E-state index is 0.0543. The third-order valence-electron chi connectivity index (χ3n) is 4.15.